The molecule has 0 spiro atoms. The van der Waals surface area contributed by atoms with Gasteiger partial charge in [-0.1, -0.05) is 6.92 Å². The van der Waals surface area contributed by atoms with Gasteiger partial charge in [0, 0.05) is 6.42 Å². The van der Waals surface area contributed by atoms with Crippen molar-refractivity contribution >= 4 is 17.6 Å². The second-order valence-corrected chi connectivity index (χ2v) is 5.41. The fourth-order valence-electron chi connectivity index (χ4n) is 2.11. The number of rotatable bonds is 7. The Morgan fingerprint density at radius 3 is 2.11 bits per heavy atom. The fraction of sp³-hybridized carbons (Fsp3) is 0.500. The van der Waals surface area contributed by atoms with Crippen molar-refractivity contribution < 1.29 is 45.4 Å². The smallest absolute Gasteiger partial charge is 0.441 e. The largest absolute Gasteiger partial charge is 0.495 e. The summed E-state index contributed by atoms with van der Waals surface area (Å²) < 4.78 is 89.7. The summed E-state index contributed by atoms with van der Waals surface area (Å²) in [6.45, 7) is 1.98. The molecule has 1 atom stereocenters. The van der Waals surface area contributed by atoms with Gasteiger partial charge in [0.2, 0.25) is 5.91 Å². The number of alkyl halides is 6. The molecule has 1 rings (SSSR count). The first-order valence-corrected chi connectivity index (χ1v) is 7.90. The summed E-state index contributed by atoms with van der Waals surface area (Å²) >= 11 is 0. The highest BCUT2D eigenvalue weighted by atomic mass is 19.4. The minimum atomic E-state index is -5.47. The quantitative estimate of drug-likeness (QED) is 0.405. The Balaban J connectivity index is 3.63. The van der Waals surface area contributed by atoms with E-state index in [9.17, 15) is 35.9 Å². The first-order valence-electron chi connectivity index (χ1n) is 7.90. The zero-order chi connectivity index (χ0) is 21.8. The molecule has 0 aromatic heterocycles. The number of amides is 1. The number of carbonyl (C=O) groups is 2. The number of hydrogen-bond acceptors (Lipinski definition) is 5. The first kappa shape index (κ1) is 23.4. The Morgan fingerprint density at radius 2 is 1.68 bits per heavy atom. The van der Waals surface area contributed by atoms with Crippen LogP contribution in [0.5, 0.6) is 5.75 Å². The van der Waals surface area contributed by atoms with Crippen LogP contribution in [0.3, 0.4) is 0 Å². The molecule has 0 heterocycles. The maximum Gasteiger partial charge on any atom is 0.441 e. The molecule has 158 valence electrons. The van der Waals surface area contributed by atoms with Crippen molar-refractivity contribution in [1.29, 1.82) is 0 Å². The highest BCUT2D eigenvalue weighted by Gasteiger charge is 2.63. The van der Waals surface area contributed by atoms with Gasteiger partial charge in [-0.15, -0.1) is 0 Å². The van der Waals surface area contributed by atoms with Gasteiger partial charge in [0.25, 0.3) is 0 Å². The molecule has 6 nitrogen and oxygen atoms in total. The number of hydrogen-bond donors (Lipinski definition) is 2. The normalized spacial score (nSPS) is 14.0. The van der Waals surface area contributed by atoms with Gasteiger partial charge in [-0.25, -0.2) is 4.79 Å². The number of ether oxygens (including phenoxy) is 2. The summed E-state index contributed by atoms with van der Waals surface area (Å²) in [5.74, 6) is -3.55. The molecular formula is C16H18F6N2O4. The molecular weight excluding hydrogens is 398 g/mol. The summed E-state index contributed by atoms with van der Waals surface area (Å²) in [5, 5.41) is 3.13. The first-order chi connectivity index (χ1) is 12.8. The maximum absolute atomic E-state index is 13.9. The predicted molar refractivity (Wildman–Crippen MR) is 85.5 cm³/mol. The lowest BCUT2D eigenvalue weighted by Crippen LogP contribution is -2.69. The van der Waals surface area contributed by atoms with Gasteiger partial charge in [0.15, 0.2) is 0 Å². The number of benzene rings is 1. The van der Waals surface area contributed by atoms with Gasteiger partial charge in [-0.3, -0.25) is 4.79 Å². The Kier molecular flexibility index (Phi) is 7.15. The van der Waals surface area contributed by atoms with Crippen LogP contribution in [0.2, 0.25) is 0 Å². The number of anilines is 1. The lowest BCUT2D eigenvalue weighted by Gasteiger charge is -2.35. The van der Waals surface area contributed by atoms with Crippen LogP contribution in [0, 0.1) is 0 Å². The summed E-state index contributed by atoms with van der Waals surface area (Å²) in [6.07, 6.45) is -10.8. The SMILES string of the molecule is CCOC(=O)[C@](NC(=O)CC)(Nc1cc(C(F)(F)F)ccc1OC)C(F)(F)F. The third kappa shape index (κ3) is 4.98. The van der Waals surface area contributed by atoms with Crippen LogP contribution in [0.4, 0.5) is 32.0 Å². The minimum Gasteiger partial charge on any atom is -0.495 e. The highest BCUT2D eigenvalue weighted by molar-refractivity contribution is 5.91. The van der Waals surface area contributed by atoms with E-state index < -0.39 is 59.9 Å². The van der Waals surface area contributed by atoms with E-state index in [0.29, 0.717) is 12.1 Å². The van der Waals surface area contributed by atoms with E-state index in [1.807, 2.05) is 0 Å². The third-order valence-electron chi connectivity index (χ3n) is 3.50. The molecule has 0 aliphatic heterocycles. The third-order valence-corrected chi connectivity index (χ3v) is 3.50. The Bertz CT molecular complexity index is 720. The van der Waals surface area contributed by atoms with E-state index in [1.54, 1.807) is 5.32 Å². The highest BCUT2D eigenvalue weighted by Crippen LogP contribution is 2.39. The summed E-state index contributed by atoms with van der Waals surface area (Å²) in [6, 6.07) is 1.70. The summed E-state index contributed by atoms with van der Waals surface area (Å²) in [7, 11) is 1.01. The molecule has 1 amide bonds. The number of carbonyl (C=O) groups excluding carboxylic acids is 2. The van der Waals surface area contributed by atoms with E-state index in [2.05, 4.69) is 4.74 Å². The second-order valence-electron chi connectivity index (χ2n) is 5.41. The summed E-state index contributed by atoms with van der Waals surface area (Å²) in [5.41, 5.74) is -5.94. The van der Waals surface area contributed by atoms with Gasteiger partial charge in [0.1, 0.15) is 5.75 Å². The van der Waals surface area contributed by atoms with Crippen LogP contribution >= 0.6 is 0 Å². The topological polar surface area (TPSA) is 76.7 Å². The van der Waals surface area contributed by atoms with E-state index in [1.165, 1.54) is 19.2 Å². The van der Waals surface area contributed by atoms with Crippen LogP contribution in [0.25, 0.3) is 0 Å². The average Bonchev–Trinajstić information content (AvgIpc) is 2.59. The lowest BCUT2D eigenvalue weighted by atomic mass is 10.1. The van der Waals surface area contributed by atoms with E-state index in [4.69, 9.17) is 4.74 Å². The Hall–Kier alpha value is -2.66. The molecule has 0 unspecified atom stereocenters. The molecule has 12 heteroatoms. The van der Waals surface area contributed by atoms with Crippen molar-refractivity contribution in [3.05, 3.63) is 23.8 Å². The van der Waals surface area contributed by atoms with Crippen LogP contribution < -0.4 is 15.4 Å². The molecule has 0 aliphatic rings. The van der Waals surface area contributed by atoms with Gasteiger partial charge in [-0.2, -0.15) is 26.3 Å². The predicted octanol–water partition coefficient (Wildman–Crippen LogP) is 3.47. The van der Waals surface area contributed by atoms with Gasteiger partial charge >= 0.3 is 24.0 Å². The van der Waals surface area contributed by atoms with Gasteiger partial charge in [0.05, 0.1) is 25.0 Å². The average molecular weight is 416 g/mol. The number of halogens is 6. The van der Waals surface area contributed by atoms with Crippen molar-refractivity contribution in [3.63, 3.8) is 0 Å². The zero-order valence-electron chi connectivity index (χ0n) is 15.0. The van der Waals surface area contributed by atoms with E-state index in [-0.39, 0.29) is 0 Å². The van der Waals surface area contributed by atoms with Crippen LogP contribution in [-0.2, 0) is 20.5 Å². The molecule has 0 bridgehead atoms. The number of nitrogens with one attached hydrogen (secondary N) is 2. The van der Waals surface area contributed by atoms with Crippen molar-refractivity contribution in [2.75, 3.05) is 19.0 Å². The van der Waals surface area contributed by atoms with E-state index >= 15 is 0 Å². The number of esters is 1. The Labute approximate surface area is 156 Å². The van der Waals surface area contributed by atoms with Crippen LogP contribution in [-0.4, -0.2) is 37.4 Å². The van der Waals surface area contributed by atoms with Crippen molar-refractivity contribution in [2.45, 2.75) is 38.3 Å². The zero-order valence-corrected chi connectivity index (χ0v) is 15.0. The number of methoxy groups -OCH3 is 1. The molecule has 0 fully saturated rings. The lowest BCUT2D eigenvalue weighted by molar-refractivity contribution is -0.207. The maximum atomic E-state index is 13.9. The van der Waals surface area contributed by atoms with E-state index in [0.717, 1.165) is 13.2 Å². The van der Waals surface area contributed by atoms with Crippen molar-refractivity contribution in [1.82, 2.24) is 5.32 Å². The monoisotopic (exact) mass is 416 g/mol. The standard InChI is InChI=1S/C16H18F6N2O4/c1-4-12(25)24-14(16(20,21)22,13(26)28-5-2)23-10-8-9(15(17,18)19)6-7-11(10)27-3/h6-8,23H,4-5H2,1-3H3,(H,24,25)/t14-/m1/s1. The Morgan fingerprint density at radius 1 is 1.07 bits per heavy atom. The van der Waals surface area contributed by atoms with Crippen molar-refractivity contribution in [3.8, 4) is 5.75 Å². The van der Waals surface area contributed by atoms with Crippen LogP contribution in [0.1, 0.15) is 25.8 Å². The van der Waals surface area contributed by atoms with Gasteiger partial charge in [-0.05, 0) is 25.1 Å². The second kappa shape index (κ2) is 8.57. The summed E-state index contributed by atoms with van der Waals surface area (Å²) in [4.78, 5) is 23.9. The molecule has 0 radical (unpaired) electrons. The molecule has 28 heavy (non-hydrogen) atoms. The molecule has 0 aliphatic carbocycles. The minimum absolute atomic E-state index is 0.330. The van der Waals surface area contributed by atoms with Crippen LogP contribution in [0.15, 0.2) is 18.2 Å². The molecule has 0 saturated heterocycles. The molecule has 1 aromatic carbocycles. The molecule has 2 N–H and O–H groups in total. The molecule has 1 aromatic rings. The fourth-order valence-corrected chi connectivity index (χ4v) is 2.11. The van der Waals surface area contributed by atoms with Crippen molar-refractivity contribution in [2.24, 2.45) is 0 Å². The van der Waals surface area contributed by atoms with Gasteiger partial charge < -0.3 is 20.1 Å². The molecule has 0 saturated carbocycles.